The SMILES string of the molecule is COC1CN(C(=O)c2ccc(O)c(Cl)c2)CC1OC. The minimum Gasteiger partial charge on any atom is -0.506 e. The van der Waals surface area contributed by atoms with Gasteiger partial charge in [-0.25, -0.2) is 0 Å². The van der Waals surface area contributed by atoms with Gasteiger partial charge in [0.15, 0.2) is 0 Å². The van der Waals surface area contributed by atoms with Crippen molar-refractivity contribution in [3.05, 3.63) is 28.8 Å². The first-order valence-electron chi connectivity index (χ1n) is 5.90. The van der Waals surface area contributed by atoms with E-state index in [0.717, 1.165) is 0 Å². The molecule has 1 fully saturated rings. The number of ether oxygens (including phenoxy) is 2. The van der Waals surface area contributed by atoms with E-state index in [9.17, 15) is 9.90 Å². The molecule has 1 aliphatic heterocycles. The van der Waals surface area contributed by atoms with Crippen molar-refractivity contribution in [2.75, 3.05) is 27.3 Å². The van der Waals surface area contributed by atoms with Crippen LogP contribution in [0.1, 0.15) is 10.4 Å². The second-order valence-corrected chi connectivity index (χ2v) is 4.83. The molecule has 2 unspecified atom stereocenters. The van der Waals surface area contributed by atoms with Crippen LogP contribution in [-0.2, 0) is 9.47 Å². The number of phenols is 1. The summed E-state index contributed by atoms with van der Waals surface area (Å²) in [4.78, 5) is 14.0. The molecule has 0 aromatic heterocycles. The maximum absolute atomic E-state index is 12.3. The zero-order valence-electron chi connectivity index (χ0n) is 10.8. The fourth-order valence-corrected chi connectivity index (χ4v) is 2.37. The average molecular weight is 286 g/mol. The number of rotatable bonds is 3. The van der Waals surface area contributed by atoms with Crippen LogP contribution in [0.4, 0.5) is 0 Å². The Morgan fingerprint density at radius 2 is 1.89 bits per heavy atom. The number of methoxy groups -OCH3 is 2. The summed E-state index contributed by atoms with van der Waals surface area (Å²) in [5.41, 5.74) is 0.439. The second kappa shape index (κ2) is 5.77. The molecule has 0 aliphatic carbocycles. The fraction of sp³-hybridized carbons (Fsp3) is 0.462. The lowest BCUT2D eigenvalue weighted by Crippen LogP contribution is -2.30. The number of hydrogen-bond acceptors (Lipinski definition) is 4. The summed E-state index contributed by atoms with van der Waals surface area (Å²) in [6.07, 6.45) is -0.247. The van der Waals surface area contributed by atoms with Gasteiger partial charge >= 0.3 is 0 Å². The lowest BCUT2D eigenvalue weighted by Gasteiger charge is -2.16. The predicted molar refractivity (Wildman–Crippen MR) is 70.6 cm³/mol. The van der Waals surface area contributed by atoms with Gasteiger partial charge in [-0.2, -0.15) is 0 Å². The Morgan fingerprint density at radius 3 is 2.37 bits per heavy atom. The zero-order chi connectivity index (χ0) is 14.0. The monoisotopic (exact) mass is 285 g/mol. The van der Waals surface area contributed by atoms with Crippen molar-refractivity contribution in [3.8, 4) is 5.75 Å². The van der Waals surface area contributed by atoms with E-state index in [0.29, 0.717) is 18.7 Å². The molecule has 1 aliphatic rings. The van der Waals surface area contributed by atoms with Gasteiger partial charge in [-0.3, -0.25) is 4.79 Å². The third-order valence-electron chi connectivity index (χ3n) is 3.30. The molecule has 5 nitrogen and oxygen atoms in total. The Hall–Kier alpha value is -1.30. The smallest absolute Gasteiger partial charge is 0.254 e. The van der Waals surface area contributed by atoms with Crippen LogP contribution >= 0.6 is 11.6 Å². The largest absolute Gasteiger partial charge is 0.506 e. The molecule has 1 saturated heterocycles. The Morgan fingerprint density at radius 1 is 1.32 bits per heavy atom. The first-order chi connectivity index (χ1) is 9.06. The number of nitrogens with zero attached hydrogens (tertiary/aromatic N) is 1. The van der Waals surface area contributed by atoms with E-state index in [2.05, 4.69) is 0 Å². The molecule has 19 heavy (non-hydrogen) atoms. The topological polar surface area (TPSA) is 59.0 Å². The molecule has 0 spiro atoms. The summed E-state index contributed by atoms with van der Waals surface area (Å²) in [7, 11) is 3.20. The first kappa shape index (κ1) is 14.1. The van der Waals surface area contributed by atoms with E-state index in [4.69, 9.17) is 21.1 Å². The van der Waals surface area contributed by atoms with Crippen molar-refractivity contribution in [3.63, 3.8) is 0 Å². The molecule has 0 bridgehead atoms. The van der Waals surface area contributed by atoms with E-state index < -0.39 is 0 Å². The quantitative estimate of drug-likeness (QED) is 0.915. The van der Waals surface area contributed by atoms with Crippen LogP contribution in [0.25, 0.3) is 0 Å². The average Bonchev–Trinajstić information content (AvgIpc) is 2.84. The van der Waals surface area contributed by atoms with Crippen LogP contribution in [0.2, 0.25) is 5.02 Å². The van der Waals surface area contributed by atoms with Crippen LogP contribution in [0.5, 0.6) is 5.75 Å². The normalized spacial score (nSPS) is 22.8. The fourth-order valence-electron chi connectivity index (χ4n) is 2.19. The van der Waals surface area contributed by atoms with Crippen LogP contribution in [0.3, 0.4) is 0 Å². The Balaban J connectivity index is 2.14. The highest BCUT2D eigenvalue weighted by molar-refractivity contribution is 6.32. The van der Waals surface area contributed by atoms with E-state index >= 15 is 0 Å². The summed E-state index contributed by atoms with van der Waals surface area (Å²) >= 11 is 5.81. The number of benzene rings is 1. The number of amides is 1. The first-order valence-corrected chi connectivity index (χ1v) is 6.28. The van der Waals surface area contributed by atoms with Crippen molar-refractivity contribution >= 4 is 17.5 Å². The zero-order valence-corrected chi connectivity index (χ0v) is 11.6. The molecule has 6 heteroatoms. The Labute approximate surface area is 116 Å². The van der Waals surface area contributed by atoms with Crippen molar-refractivity contribution in [2.24, 2.45) is 0 Å². The van der Waals surface area contributed by atoms with Gasteiger partial charge in [0, 0.05) is 32.9 Å². The maximum Gasteiger partial charge on any atom is 0.254 e. The molecule has 2 atom stereocenters. The maximum atomic E-state index is 12.3. The van der Waals surface area contributed by atoms with Crippen LogP contribution in [0.15, 0.2) is 18.2 Å². The highest BCUT2D eigenvalue weighted by Crippen LogP contribution is 2.25. The highest BCUT2D eigenvalue weighted by atomic mass is 35.5. The van der Waals surface area contributed by atoms with E-state index in [1.807, 2.05) is 0 Å². The Kier molecular flexibility index (Phi) is 4.29. The number of phenolic OH excluding ortho intramolecular Hbond substituents is 1. The van der Waals surface area contributed by atoms with E-state index in [-0.39, 0.29) is 28.9 Å². The number of halogens is 1. The summed E-state index contributed by atoms with van der Waals surface area (Å²) in [5.74, 6) is -0.187. The molecular formula is C13H16ClNO4. The predicted octanol–water partition coefficient (Wildman–Crippen LogP) is 1.53. The third kappa shape index (κ3) is 2.83. The van der Waals surface area contributed by atoms with Gasteiger partial charge in [0.2, 0.25) is 0 Å². The molecule has 104 valence electrons. The van der Waals surface area contributed by atoms with Crippen LogP contribution in [-0.4, -0.2) is 55.4 Å². The Bertz CT molecular complexity index is 468. The van der Waals surface area contributed by atoms with Crippen molar-refractivity contribution in [1.29, 1.82) is 0 Å². The van der Waals surface area contributed by atoms with Crippen molar-refractivity contribution in [2.45, 2.75) is 12.2 Å². The van der Waals surface area contributed by atoms with Gasteiger partial charge < -0.3 is 19.5 Å². The summed E-state index contributed by atoms with van der Waals surface area (Å²) in [6.45, 7) is 0.957. The van der Waals surface area contributed by atoms with Gasteiger partial charge in [-0.1, -0.05) is 11.6 Å². The van der Waals surface area contributed by atoms with Gasteiger partial charge in [0.05, 0.1) is 5.02 Å². The molecule has 0 radical (unpaired) electrons. The highest BCUT2D eigenvalue weighted by Gasteiger charge is 2.35. The van der Waals surface area contributed by atoms with Gasteiger partial charge in [-0.15, -0.1) is 0 Å². The van der Waals surface area contributed by atoms with Gasteiger partial charge in [0.1, 0.15) is 18.0 Å². The van der Waals surface area contributed by atoms with Crippen molar-refractivity contribution in [1.82, 2.24) is 4.90 Å². The lowest BCUT2D eigenvalue weighted by atomic mass is 10.2. The molecule has 1 amide bonds. The minimum atomic E-state index is -0.150. The van der Waals surface area contributed by atoms with E-state index in [1.54, 1.807) is 25.2 Å². The molecule has 1 N–H and O–H groups in total. The van der Waals surface area contributed by atoms with Gasteiger partial charge in [0.25, 0.3) is 5.91 Å². The lowest BCUT2D eigenvalue weighted by molar-refractivity contribution is -0.00461. The molecule has 1 aromatic carbocycles. The molecule has 1 aromatic rings. The second-order valence-electron chi connectivity index (χ2n) is 4.42. The van der Waals surface area contributed by atoms with E-state index in [1.165, 1.54) is 12.1 Å². The van der Waals surface area contributed by atoms with Crippen molar-refractivity contribution < 1.29 is 19.4 Å². The number of hydrogen-bond donors (Lipinski definition) is 1. The number of carbonyl (C=O) groups excluding carboxylic acids is 1. The third-order valence-corrected chi connectivity index (χ3v) is 3.61. The molecule has 2 rings (SSSR count). The standard InChI is InChI=1S/C13H16ClNO4/c1-18-11-6-15(7-12(11)19-2)13(17)8-3-4-10(16)9(14)5-8/h3-5,11-12,16H,6-7H2,1-2H3. The number of carbonyl (C=O) groups is 1. The molecule has 0 saturated carbocycles. The summed E-state index contributed by atoms with van der Waals surface area (Å²) < 4.78 is 10.6. The molecular weight excluding hydrogens is 270 g/mol. The van der Waals surface area contributed by atoms with Crippen LogP contribution < -0.4 is 0 Å². The van der Waals surface area contributed by atoms with Crippen LogP contribution in [0, 0.1) is 0 Å². The molecule has 1 heterocycles. The number of likely N-dealkylation sites (tertiary alicyclic amines) is 1. The summed E-state index contributed by atoms with van der Waals surface area (Å²) in [6, 6.07) is 4.42. The number of aromatic hydroxyl groups is 1. The minimum absolute atomic E-state index is 0.0378. The summed E-state index contributed by atoms with van der Waals surface area (Å²) in [5, 5.41) is 9.52. The van der Waals surface area contributed by atoms with Gasteiger partial charge in [-0.05, 0) is 18.2 Å².